The second-order valence-electron chi connectivity index (χ2n) is 5.37. The topological polar surface area (TPSA) is 96.5 Å². The van der Waals surface area contributed by atoms with E-state index >= 15 is 0 Å². The lowest BCUT2D eigenvalue weighted by Crippen LogP contribution is -2.50. The van der Waals surface area contributed by atoms with Crippen LogP contribution in [0.15, 0.2) is 49.8 Å². The Hall–Kier alpha value is -2.53. The SMILES string of the molecule is CCC(O)(C#CC1=C[N+]2(N)N=C(c3ccco3)N=C2C=N1)CC. The number of hydrogen-bond acceptors (Lipinski definition) is 6. The molecule has 7 heteroatoms. The standard InChI is InChI=1S/C16H18N5O2/c1-3-16(22,4-2)8-7-12-11-21(17)14(10-18-12)19-15(20-21)13-6-5-9-23-13/h5-6,9-11,22H,3-4,17H2,1-2H3/q+1. The van der Waals surface area contributed by atoms with Crippen LogP contribution in [0.5, 0.6) is 0 Å². The number of nitrogens with two attached hydrogens (primary N) is 1. The van der Waals surface area contributed by atoms with Crippen molar-refractivity contribution < 1.29 is 14.2 Å². The maximum Gasteiger partial charge on any atom is 0.300 e. The van der Waals surface area contributed by atoms with E-state index in [-0.39, 0.29) is 4.70 Å². The van der Waals surface area contributed by atoms with Crippen LogP contribution in [0.25, 0.3) is 0 Å². The van der Waals surface area contributed by atoms with Crippen molar-refractivity contribution in [2.24, 2.45) is 20.9 Å². The number of hydrogen-bond donors (Lipinski definition) is 2. The third-order valence-corrected chi connectivity index (χ3v) is 3.82. The van der Waals surface area contributed by atoms with Crippen LogP contribution >= 0.6 is 0 Å². The lowest BCUT2D eigenvalue weighted by Gasteiger charge is -2.19. The zero-order valence-electron chi connectivity index (χ0n) is 13.0. The third kappa shape index (κ3) is 2.87. The molecule has 3 rings (SSSR count). The molecule has 0 aromatic carbocycles. The Morgan fingerprint density at radius 3 is 2.83 bits per heavy atom. The van der Waals surface area contributed by atoms with Crippen LogP contribution in [-0.4, -0.2) is 33.3 Å². The van der Waals surface area contributed by atoms with E-state index in [1.807, 2.05) is 13.8 Å². The second-order valence-corrected chi connectivity index (χ2v) is 5.37. The van der Waals surface area contributed by atoms with E-state index in [1.165, 1.54) is 6.21 Å². The van der Waals surface area contributed by atoms with Crippen LogP contribution in [0.4, 0.5) is 0 Å². The summed E-state index contributed by atoms with van der Waals surface area (Å²) in [6.07, 6.45) is 5.76. The fourth-order valence-electron chi connectivity index (χ4n) is 2.16. The van der Waals surface area contributed by atoms with Crippen LogP contribution < -0.4 is 5.84 Å². The van der Waals surface area contributed by atoms with Gasteiger partial charge in [-0.2, -0.15) is 4.99 Å². The number of nitrogens with zero attached hydrogens (tertiary/aromatic N) is 4. The van der Waals surface area contributed by atoms with Gasteiger partial charge in [0.25, 0.3) is 11.7 Å². The van der Waals surface area contributed by atoms with Crippen LogP contribution in [0.1, 0.15) is 32.4 Å². The summed E-state index contributed by atoms with van der Waals surface area (Å²) in [7, 11) is 0. The van der Waals surface area contributed by atoms with Crippen LogP contribution in [0.2, 0.25) is 0 Å². The van der Waals surface area contributed by atoms with Crippen molar-refractivity contribution in [3.63, 3.8) is 0 Å². The molecule has 1 atom stereocenters. The lowest BCUT2D eigenvalue weighted by atomic mass is 9.98. The van der Waals surface area contributed by atoms with E-state index in [0.29, 0.717) is 36.0 Å². The van der Waals surface area contributed by atoms with Gasteiger partial charge in [0.2, 0.25) is 0 Å². The molecule has 0 bridgehead atoms. The predicted molar refractivity (Wildman–Crippen MR) is 87.0 cm³/mol. The molecule has 3 heterocycles. The fourth-order valence-corrected chi connectivity index (χ4v) is 2.16. The van der Waals surface area contributed by atoms with Crippen molar-refractivity contribution in [2.45, 2.75) is 32.3 Å². The van der Waals surface area contributed by atoms with Crippen molar-refractivity contribution in [3.05, 3.63) is 36.1 Å². The monoisotopic (exact) mass is 312 g/mol. The van der Waals surface area contributed by atoms with Crippen molar-refractivity contribution in [1.29, 1.82) is 0 Å². The summed E-state index contributed by atoms with van der Waals surface area (Å²) < 4.78 is 4.93. The molecule has 0 spiro atoms. The van der Waals surface area contributed by atoms with Crippen molar-refractivity contribution in [2.75, 3.05) is 0 Å². The van der Waals surface area contributed by atoms with E-state index in [2.05, 4.69) is 26.9 Å². The number of amidine groups is 2. The van der Waals surface area contributed by atoms with Gasteiger partial charge in [-0.1, -0.05) is 19.8 Å². The van der Waals surface area contributed by atoms with E-state index in [0.717, 1.165) is 0 Å². The molecular weight excluding hydrogens is 294 g/mol. The molecule has 2 aliphatic rings. The molecule has 7 nitrogen and oxygen atoms in total. The minimum Gasteiger partial charge on any atom is -0.461 e. The van der Waals surface area contributed by atoms with Gasteiger partial charge < -0.3 is 9.52 Å². The molecule has 2 aliphatic heterocycles. The highest BCUT2D eigenvalue weighted by atomic mass is 16.3. The third-order valence-electron chi connectivity index (χ3n) is 3.82. The molecule has 118 valence electrons. The number of aliphatic hydroxyl groups is 1. The van der Waals surface area contributed by atoms with Crippen molar-refractivity contribution in [1.82, 2.24) is 0 Å². The van der Waals surface area contributed by atoms with E-state index in [4.69, 9.17) is 10.3 Å². The van der Waals surface area contributed by atoms with Gasteiger partial charge in [0.05, 0.1) is 6.26 Å². The first kappa shape index (κ1) is 15.4. The average molecular weight is 312 g/mol. The highest BCUT2D eigenvalue weighted by Gasteiger charge is 2.39. The van der Waals surface area contributed by atoms with Gasteiger partial charge >= 0.3 is 0 Å². The first-order valence-electron chi connectivity index (χ1n) is 7.41. The van der Waals surface area contributed by atoms with Crippen LogP contribution in [-0.2, 0) is 0 Å². The minimum atomic E-state index is -1.02. The molecule has 0 amide bonds. The number of aliphatic imine (C=N–C) groups is 2. The number of allylic oxidation sites excluding steroid dienone is 1. The zero-order valence-corrected chi connectivity index (χ0v) is 13.0. The maximum absolute atomic E-state index is 10.2. The Balaban J connectivity index is 1.91. The maximum atomic E-state index is 10.2. The smallest absolute Gasteiger partial charge is 0.300 e. The Bertz CT molecular complexity index is 788. The molecule has 0 radical (unpaired) electrons. The summed E-state index contributed by atoms with van der Waals surface area (Å²) in [6.45, 7) is 3.78. The molecule has 0 aliphatic carbocycles. The first-order valence-corrected chi connectivity index (χ1v) is 7.41. The lowest BCUT2D eigenvalue weighted by molar-refractivity contribution is -0.803. The Kier molecular flexibility index (Phi) is 3.74. The summed E-state index contributed by atoms with van der Waals surface area (Å²) in [5.74, 6) is 13.4. The van der Waals surface area contributed by atoms with Gasteiger partial charge in [0.1, 0.15) is 11.8 Å². The van der Waals surface area contributed by atoms with Crippen molar-refractivity contribution >= 4 is 17.9 Å². The van der Waals surface area contributed by atoms with E-state index < -0.39 is 5.60 Å². The van der Waals surface area contributed by atoms with Gasteiger partial charge in [-0.15, -0.1) is 5.84 Å². The summed E-state index contributed by atoms with van der Waals surface area (Å²) in [5.41, 5.74) is -0.575. The van der Waals surface area contributed by atoms with Crippen molar-refractivity contribution in [3.8, 4) is 11.8 Å². The normalized spacial score (nSPS) is 22.7. The molecule has 1 aromatic heterocycles. The van der Waals surface area contributed by atoms with Crippen LogP contribution in [0, 0.1) is 11.8 Å². The van der Waals surface area contributed by atoms with E-state index in [9.17, 15) is 5.11 Å². The van der Waals surface area contributed by atoms with Gasteiger partial charge in [-0.25, -0.2) is 4.99 Å². The molecule has 0 fully saturated rings. The van der Waals surface area contributed by atoms with Gasteiger partial charge in [-0.3, -0.25) is 0 Å². The average Bonchev–Trinajstić information content (AvgIpc) is 3.18. The molecule has 0 saturated heterocycles. The van der Waals surface area contributed by atoms with Crippen LogP contribution in [0.3, 0.4) is 0 Å². The second kappa shape index (κ2) is 5.59. The number of rotatable bonds is 3. The molecule has 0 saturated carbocycles. The summed E-state index contributed by atoms with van der Waals surface area (Å²) >= 11 is 0. The highest BCUT2D eigenvalue weighted by molar-refractivity contribution is 6.31. The fraction of sp³-hybridized carbons (Fsp3) is 0.312. The molecule has 1 unspecified atom stereocenters. The summed E-state index contributed by atoms with van der Waals surface area (Å²) in [5, 5.41) is 14.6. The Morgan fingerprint density at radius 2 is 2.17 bits per heavy atom. The van der Waals surface area contributed by atoms with Gasteiger partial charge in [0, 0.05) is 0 Å². The van der Waals surface area contributed by atoms with E-state index in [1.54, 1.807) is 24.6 Å². The zero-order chi connectivity index (χ0) is 16.5. The quantitative estimate of drug-likeness (QED) is 0.503. The molecule has 23 heavy (non-hydrogen) atoms. The molecule has 1 aromatic rings. The number of fused-ring (bicyclic) bond motifs is 1. The predicted octanol–water partition coefficient (Wildman–Crippen LogP) is 1.52. The minimum absolute atomic E-state index is 0.361. The summed E-state index contributed by atoms with van der Waals surface area (Å²) in [6, 6.07) is 3.52. The summed E-state index contributed by atoms with van der Waals surface area (Å²) in [4.78, 5) is 8.55. The molecular formula is C16H18N5O2+. The van der Waals surface area contributed by atoms with Gasteiger partial charge in [-0.05, 0) is 40.7 Å². The first-order chi connectivity index (χ1) is 11.0. The number of quaternary nitrogens is 1. The Labute approximate surface area is 134 Å². The largest absolute Gasteiger partial charge is 0.461 e. The Morgan fingerprint density at radius 1 is 1.39 bits per heavy atom. The number of furan rings is 1. The van der Waals surface area contributed by atoms with Gasteiger partial charge in [0.15, 0.2) is 17.7 Å². The molecule has 3 N–H and O–H groups in total. The highest BCUT2D eigenvalue weighted by Crippen LogP contribution is 2.21.